The van der Waals surface area contributed by atoms with Crippen LogP contribution in [0.5, 0.6) is 0 Å². The number of nitrogens with zero attached hydrogens (tertiary/aromatic N) is 2. The Balaban J connectivity index is 1.77. The Kier molecular flexibility index (Phi) is 4.80. The van der Waals surface area contributed by atoms with Gasteiger partial charge in [-0.15, -0.1) is 0 Å². The largest absolute Gasteiger partial charge is 0.832 e. The molecule has 0 aromatic rings. The zero-order valence-electron chi connectivity index (χ0n) is 12.4. The fraction of sp³-hybridized carbons (Fsp3) is 0.867. The summed E-state index contributed by atoms with van der Waals surface area (Å²) in [5.41, 5.74) is -0.223. The molecule has 1 heterocycles. The van der Waals surface area contributed by atoms with Gasteiger partial charge in [-0.05, 0) is 40.2 Å². The molecule has 21 heavy (non-hydrogen) atoms. The molecule has 2 saturated carbocycles. The minimum atomic E-state index is -1.15. The van der Waals surface area contributed by atoms with E-state index in [2.05, 4.69) is 0 Å². The second kappa shape index (κ2) is 6.62. The summed E-state index contributed by atoms with van der Waals surface area (Å²) in [6.45, 7) is 0. The Morgan fingerprint density at radius 3 is 1.95 bits per heavy atom. The lowest BCUT2D eigenvalue weighted by atomic mass is 9.93. The van der Waals surface area contributed by atoms with E-state index in [-0.39, 0.29) is 32.3 Å². The van der Waals surface area contributed by atoms with Crippen molar-refractivity contribution < 1.29 is 14.7 Å². The van der Waals surface area contributed by atoms with E-state index in [0.29, 0.717) is 0 Å². The highest BCUT2D eigenvalue weighted by atomic mass is 31.1. The Labute approximate surface area is 127 Å². The van der Waals surface area contributed by atoms with Crippen LogP contribution in [0.25, 0.3) is 0 Å². The number of hydrogen-bond acceptors (Lipinski definition) is 3. The topological polar surface area (TPSA) is 63.7 Å². The summed E-state index contributed by atoms with van der Waals surface area (Å²) in [6.07, 6.45) is 10.4. The molecule has 5 nitrogen and oxygen atoms in total. The Hall–Kier alpha value is -0.670. The number of hydrogen-bond donors (Lipinski definition) is 0. The third-order valence-corrected chi connectivity index (χ3v) is 6.07. The van der Waals surface area contributed by atoms with Crippen LogP contribution in [0.1, 0.15) is 64.2 Å². The monoisotopic (exact) mass is 311 g/mol. The average Bonchev–Trinajstić information content (AvgIpc) is 2.49. The first kappa shape index (κ1) is 15.2. The SMILES string of the molecule is O=C1PC([O-])N(C2CCCCC2)C(=O)N1C1CCCCC1. The van der Waals surface area contributed by atoms with Crippen molar-refractivity contribution >= 4 is 20.3 Å². The maximum Gasteiger partial charge on any atom is 0.326 e. The molecular formula is C15H24N2O3P-. The summed E-state index contributed by atoms with van der Waals surface area (Å²) < 4.78 is 0. The molecule has 2 aliphatic carbocycles. The van der Waals surface area contributed by atoms with E-state index < -0.39 is 5.97 Å². The predicted octanol–water partition coefficient (Wildman–Crippen LogP) is 2.83. The molecule has 1 aliphatic heterocycles. The zero-order chi connectivity index (χ0) is 14.8. The number of carbonyl (C=O) groups excluding carboxylic acids is 2. The highest BCUT2D eigenvalue weighted by Gasteiger charge is 2.41. The van der Waals surface area contributed by atoms with Crippen LogP contribution in [0.15, 0.2) is 0 Å². The van der Waals surface area contributed by atoms with E-state index in [1.54, 1.807) is 0 Å². The van der Waals surface area contributed by atoms with Crippen molar-refractivity contribution in [1.82, 2.24) is 9.80 Å². The van der Waals surface area contributed by atoms with Crippen molar-refractivity contribution in [3.63, 3.8) is 0 Å². The van der Waals surface area contributed by atoms with Gasteiger partial charge in [-0.3, -0.25) is 9.69 Å². The summed E-state index contributed by atoms with van der Waals surface area (Å²) in [5, 5.41) is 12.3. The molecule has 118 valence electrons. The van der Waals surface area contributed by atoms with Crippen molar-refractivity contribution in [3.8, 4) is 0 Å². The first-order chi connectivity index (χ1) is 10.2. The second-order valence-corrected chi connectivity index (χ2v) is 7.66. The van der Waals surface area contributed by atoms with Crippen LogP contribution in [-0.4, -0.2) is 39.5 Å². The van der Waals surface area contributed by atoms with Crippen LogP contribution in [0.3, 0.4) is 0 Å². The van der Waals surface area contributed by atoms with Gasteiger partial charge in [0, 0.05) is 12.1 Å². The minimum absolute atomic E-state index is 0.0323. The maximum atomic E-state index is 12.8. The van der Waals surface area contributed by atoms with Gasteiger partial charge in [0.25, 0.3) is 0 Å². The summed E-state index contributed by atoms with van der Waals surface area (Å²) >= 11 is 0. The summed E-state index contributed by atoms with van der Waals surface area (Å²) in [6, 6.07) is -0.206. The third kappa shape index (κ3) is 3.09. The molecule has 0 spiro atoms. The molecule has 0 N–H and O–H groups in total. The lowest BCUT2D eigenvalue weighted by molar-refractivity contribution is -0.420. The average molecular weight is 311 g/mol. The van der Waals surface area contributed by atoms with Crippen molar-refractivity contribution in [2.24, 2.45) is 0 Å². The third-order valence-electron chi connectivity index (χ3n) is 5.05. The van der Waals surface area contributed by atoms with Crippen LogP contribution in [0.2, 0.25) is 0 Å². The normalized spacial score (nSPS) is 31.2. The molecule has 6 heteroatoms. The number of imide groups is 1. The van der Waals surface area contributed by atoms with Crippen LogP contribution >= 0.6 is 8.58 Å². The summed E-state index contributed by atoms with van der Waals surface area (Å²) in [7, 11) is -0.319. The summed E-state index contributed by atoms with van der Waals surface area (Å²) in [5.74, 6) is -1.15. The molecule has 1 saturated heterocycles. The van der Waals surface area contributed by atoms with Crippen molar-refractivity contribution in [2.75, 3.05) is 0 Å². The fourth-order valence-corrected chi connectivity index (χ4v) is 5.01. The Bertz CT molecular complexity index is 406. The standard InChI is InChI=1S/C15H24N2O3P/c18-13-16(11-7-3-1-4-8-11)14(19)21-15(20)17(13)12-9-5-2-6-10-12/h11-12,14,21H,1-10H2/q-1. The lowest BCUT2D eigenvalue weighted by Crippen LogP contribution is -2.62. The summed E-state index contributed by atoms with van der Waals surface area (Å²) in [4.78, 5) is 28.0. The fourth-order valence-electron chi connectivity index (χ4n) is 3.92. The van der Waals surface area contributed by atoms with Gasteiger partial charge in [-0.2, -0.15) is 0 Å². The van der Waals surface area contributed by atoms with Crippen molar-refractivity contribution in [2.45, 2.75) is 82.3 Å². The molecule has 2 atom stereocenters. The van der Waals surface area contributed by atoms with E-state index in [1.807, 2.05) is 0 Å². The van der Waals surface area contributed by atoms with Gasteiger partial charge >= 0.3 is 6.03 Å². The predicted molar refractivity (Wildman–Crippen MR) is 80.3 cm³/mol. The number of urea groups is 1. The highest BCUT2D eigenvalue weighted by Crippen LogP contribution is 2.38. The Morgan fingerprint density at radius 2 is 1.38 bits per heavy atom. The number of rotatable bonds is 2. The molecule has 3 aliphatic rings. The molecule has 3 fully saturated rings. The van der Waals surface area contributed by atoms with Gasteiger partial charge in [0.1, 0.15) is 0 Å². The van der Waals surface area contributed by atoms with Crippen LogP contribution in [-0.2, 0) is 0 Å². The molecule has 0 bridgehead atoms. The van der Waals surface area contributed by atoms with Gasteiger partial charge in [-0.1, -0.05) is 38.5 Å². The van der Waals surface area contributed by atoms with Gasteiger partial charge in [-0.25, -0.2) is 4.79 Å². The van der Waals surface area contributed by atoms with E-state index in [4.69, 9.17) is 0 Å². The number of amides is 3. The van der Waals surface area contributed by atoms with Crippen LogP contribution < -0.4 is 5.11 Å². The highest BCUT2D eigenvalue weighted by molar-refractivity contribution is 7.58. The number of carbonyl (C=O) groups is 2. The van der Waals surface area contributed by atoms with Gasteiger partial charge < -0.3 is 10.0 Å². The smallest absolute Gasteiger partial charge is 0.326 e. The van der Waals surface area contributed by atoms with Crippen molar-refractivity contribution in [1.29, 1.82) is 0 Å². The minimum Gasteiger partial charge on any atom is -0.832 e. The van der Waals surface area contributed by atoms with E-state index >= 15 is 0 Å². The molecule has 0 radical (unpaired) electrons. The zero-order valence-corrected chi connectivity index (χ0v) is 13.4. The van der Waals surface area contributed by atoms with Crippen LogP contribution in [0, 0.1) is 0 Å². The molecular weight excluding hydrogens is 287 g/mol. The van der Waals surface area contributed by atoms with E-state index in [0.717, 1.165) is 51.4 Å². The molecule has 0 aromatic carbocycles. The lowest BCUT2D eigenvalue weighted by Gasteiger charge is -2.50. The molecule has 3 amide bonds. The first-order valence-corrected chi connectivity index (χ1v) is 9.34. The molecule has 0 aromatic heterocycles. The maximum absolute atomic E-state index is 12.8. The first-order valence-electron chi connectivity index (χ1n) is 8.26. The van der Waals surface area contributed by atoms with Gasteiger partial charge in [0.15, 0.2) is 0 Å². The Morgan fingerprint density at radius 1 is 0.857 bits per heavy atom. The van der Waals surface area contributed by atoms with Crippen molar-refractivity contribution in [3.05, 3.63) is 0 Å². The van der Waals surface area contributed by atoms with E-state index in [9.17, 15) is 14.7 Å². The molecule has 3 rings (SSSR count). The van der Waals surface area contributed by atoms with Gasteiger partial charge in [0.05, 0.1) is 0 Å². The van der Waals surface area contributed by atoms with E-state index in [1.165, 1.54) is 22.6 Å². The van der Waals surface area contributed by atoms with Gasteiger partial charge in [0.2, 0.25) is 5.65 Å². The molecule has 2 unspecified atom stereocenters. The second-order valence-electron chi connectivity index (χ2n) is 6.45. The van der Waals surface area contributed by atoms with Crippen LogP contribution in [0.4, 0.5) is 9.59 Å². The quantitative estimate of drug-likeness (QED) is 0.737.